The standard InChI is InChI=1S/C12H15F2N3/c1-6(2)3-9(15)12-16-10-5-7(13)4-8(14)11(10)17-12/h4-6,9H,3,15H2,1-2H3,(H,16,17). The summed E-state index contributed by atoms with van der Waals surface area (Å²) in [5.41, 5.74) is 6.42. The van der Waals surface area contributed by atoms with E-state index in [4.69, 9.17) is 5.73 Å². The van der Waals surface area contributed by atoms with Gasteiger partial charge in [0.15, 0.2) is 5.82 Å². The number of nitrogens with zero attached hydrogens (tertiary/aromatic N) is 1. The molecule has 1 aromatic heterocycles. The minimum atomic E-state index is -0.667. The largest absolute Gasteiger partial charge is 0.340 e. The molecule has 1 unspecified atom stereocenters. The molecule has 5 heteroatoms. The van der Waals surface area contributed by atoms with Gasteiger partial charge in [-0.2, -0.15) is 0 Å². The van der Waals surface area contributed by atoms with Crippen LogP contribution in [0.3, 0.4) is 0 Å². The summed E-state index contributed by atoms with van der Waals surface area (Å²) in [7, 11) is 0. The molecule has 17 heavy (non-hydrogen) atoms. The second-order valence-corrected chi connectivity index (χ2v) is 4.64. The summed E-state index contributed by atoms with van der Waals surface area (Å²) in [5, 5.41) is 0. The molecule has 0 fully saturated rings. The van der Waals surface area contributed by atoms with E-state index in [2.05, 4.69) is 9.97 Å². The second kappa shape index (κ2) is 4.41. The first-order chi connectivity index (χ1) is 7.97. The lowest BCUT2D eigenvalue weighted by atomic mass is 10.0. The third-order valence-electron chi connectivity index (χ3n) is 2.60. The molecule has 0 aliphatic heterocycles. The van der Waals surface area contributed by atoms with E-state index in [9.17, 15) is 8.78 Å². The number of nitrogens with two attached hydrogens (primary N) is 1. The van der Waals surface area contributed by atoms with Crippen molar-refractivity contribution in [2.45, 2.75) is 26.3 Å². The lowest BCUT2D eigenvalue weighted by Gasteiger charge is -2.10. The first-order valence-electron chi connectivity index (χ1n) is 5.57. The fourth-order valence-electron chi connectivity index (χ4n) is 1.86. The first-order valence-corrected chi connectivity index (χ1v) is 5.57. The van der Waals surface area contributed by atoms with Crippen molar-refractivity contribution in [2.75, 3.05) is 0 Å². The van der Waals surface area contributed by atoms with Crippen molar-refractivity contribution < 1.29 is 8.78 Å². The van der Waals surface area contributed by atoms with Crippen molar-refractivity contribution in [1.82, 2.24) is 9.97 Å². The summed E-state index contributed by atoms with van der Waals surface area (Å²) < 4.78 is 26.4. The van der Waals surface area contributed by atoms with Crippen LogP contribution in [-0.4, -0.2) is 9.97 Å². The highest BCUT2D eigenvalue weighted by Gasteiger charge is 2.15. The van der Waals surface area contributed by atoms with Crippen LogP contribution in [0.1, 0.15) is 32.1 Å². The molecule has 92 valence electrons. The van der Waals surface area contributed by atoms with Gasteiger partial charge in [-0.3, -0.25) is 0 Å². The maximum Gasteiger partial charge on any atom is 0.153 e. The fourth-order valence-corrected chi connectivity index (χ4v) is 1.86. The molecule has 2 rings (SSSR count). The van der Waals surface area contributed by atoms with Gasteiger partial charge in [0.1, 0.15) is 17.2 Å². The normalized spacial score (nSPS) is 13.5. The second-order valence-electron chi connectivity index (χ2n) is 4.64. The minimum Gasteiger partial charge on any atom is -0.340 e. The highest BCUT2D eigenvalue weighted by Crippen LogP contribution is 2.22. The Morgan fingerprint density at radius 2 is 2.06 bits per heavy atom. The van der Waals surface area contributed by atoms with E-state index >= 15 is 0 Å². The summed E-state index contributed by atoms with van der Waals surface area (Å²) in [5.74, 6) is -0.375. The van der Waals surface area contributed by atoms with Crippen molar-refractivity contribution in [2.24, 2.45) is 11.7 Å². The molecule has 0 aliphatic carbocycles. The molecule has 1 aromatic carbocycles. The van der Waals surface area contributed by atoms with Gasteiger partial charge < -0.3 is 10.7 Å². The molecule has 3 nitrogen and oxygen atoms in total. The molecule has 0 saturated carbocycles. The van der Waals surface area contributed by atoms with E-state index in [0.29, 0.717) is 17.3 Å². The Morgan fingerprint density at radius 3 is 2.71 bits per heavy atom. The molecule has 0 bridgehead atoms. The summed E-state index contributed by atoms with van der Waals surface area (Å²) in [6.45, 7) is 4.09. The SMILES string of the molecule is CC(C)CC(N)c1nc2c(F)cc(F)cc2[nH]1. The van der Waals surface area contributed by atoms with Crippen molar-refractivity contribution in [3.05, 3.63) is 29.6 Å². The summed E-state index contributed by atoms with van der Waals surface area (Å²) >= 11 is 0. The molecule has 0 aliphatic rings. The zero-order chi connectivity index (χ0) is 12.6. The molecule has 0 radical (unpaired) electrons. The average molecular weight is 239 g/mol. The Hall–Kier alpha value is -1.49. The molecule has 2 aromatic rings. The zero-order valence-corrected chi connectivity index (χ0v) is 9.80. The quantitative estimate of drug-likeness (QED) is 0.865. The summed E-state index contributed by atoms with van der Waals surface area (Å²) in [6.07, 6.45) is 0.740. The number of hydrogen-bond donors (Lipinski definition) is 2. The predicted octanol–water partition coefficient (Wildman–Crippen LogP) is 2.89. The van der Waals surface area contributed by atoms with Gasteiger partial charge in [-0.05, 0) is 18.4 Å². The number of benzene rings is 1. The van der Waals surface area contributed by atoms with Crippen LogP contribution >= 0.6 is 0 Å². The average Bonchev–Trinajstić information content (AvgIpc) is 2.60. The van der Waals surface area contributed by atoms with Gasteiger partial charge in [-0.15, -0.1) is 0 Å². The Bertz CT molecular complexity index is 534. The zero-order valence-electron chi connectivity index (χ0n) is 9.80. The molecule has 0 amide bonds. The Morgan fingerprint density at radius 1 is 1.35 bits per heavy atom. The van der Waals surface area contributed by atoms with Crippen LogP contribution in [0.5, 0.6) is 0 Å². The Labute approximate surface area is 98.0 Å². The van der Waals surface area contributed by atoms with Crippen LogP contribution in [0.15, 0.2) is 12.1 Å². The Balaban J connectivity index is 2.41. The van der Waals surface area contributed by atoms with Gasteiger partial charge >= 0.3 is 0 Å². The predicted molar refractivity (Wildman–Crippen MR) is 62.4 cm³/mol. The van der Waals surface area contributed by atoms with Gasteiger partial charge in [-0.25, -0.2) is 13.8 Å². The topological polar surface area (TPSA) is 54.7 Å². The number of aromatic amines is 1. The van der Waals surface area contributed by atoms with Crippen molar-refractivity contribution in [1.29, 1.82) is 0 Å². The van der Waals surface area contributed by atoms with E-state index < -0.39 is 11.6 Å². The van der Waals surface area contributed by atoms with Crippen molar-refractivity contribution in [3.8, 4) is 0 Å². The highest BCUT2D eigenvalue weighted by molar-refractivity contribution is 5.75. The number of aromatic nitrogens is 2. The number of H-pyrrole nitrogens is 1. The highest BCUT2D eigenvalue weighted by atomic mass is 19.1. The van der Waals surface area contributed by atoms with Gasteiger partial charge in [0, 0.05) is 6.07 Å². The van der Waals surface area contributed by atoms with Gasteiger partial charge in [0.2, 0.25) is 0 Å². The van der Waals surface area contributed by atoms with Crippen LogP contribution in [0.25, 0.3) is 11.0 Å². The molecule has 1 atom stereocenters. The number of hydrogen-bond acceptors (Lipinski definition) is 2. The number of imidazole rings is 1. The van der Waals surface area contributed by atoms with Gasteiger partial charge in [-0.1, -0.05) is 13.8 Å². The van der Waals surface area contributed by atoms with Crippen LogP contribution in [0.4, 0.5) is 8.78 Å². The number of fused-ring (bicyclic) bond motifs is 1. The molecular formula is C12H15F2N3. The monoisotopic (exact) mass is 239 g/mol. The molecule has 0 saturated heterocycles. The van der Waals surface area contributed by atoms with E-state index in [1.54, 1.807) is 0 Å². The first kappa shape index (κ1) is 12.0. The lowest BCUT2D eigenvalue weighted by Crippen LogP contribution is -2.14. The van der Waals surface area contributed by atoms with Crippen LogP contribution < -0.4 is 5.73 Å². The third-order valence-corrected chi connectivity index (χ3v) is 2.60. The van der Waals surface area contributed by atoms with E-state index in [-0.39, 0.29) is 11.6 Å². The molecular weight excluding hydrogens is 224 g/mol. The smallest absolute Gasteiger partial charge is 0.153 e. The Kier molecular flexibility index (Phi) is 3.11. The van der Waals surface area contributed by atoms with Crippen LogP contribution in [0, 0.1) is 17.6 Å². The third kappa shape index (κ3) is 2.44. The molecule has 3 N–H and O–H groups in total. The number of nitrogens with one attached hydrogen (secondary N) is 1. The van der Waals surface area contributed by atoms with Gasteiger partial charge in [0.25, 0.3) is 0 Å². The minimum absolute atomic E-state index is 0.139. The van der Waals surface area contributed by atoms with E-state index in [0.717, 1.165) is 12.5 Å². The maximum atomic E-state index is 13.4. The van der Waals surface area contributed by atoms with Crippen LogP contribution in [-0.2, 0) is 0 Å². The van der Waals surface area contributed by atoms with Gasteiger partial charge in [0.05, 0.1) is 11.6 Å². The van der Waals surface area contributed by atoms with E-state index in [1.165, 1.54) is 6.07 Å². The fraction of sp³-hybridized carbons (Fsp3) is 0.417. The number of rotatable bonds is 3. The number of halogens is 2. The van der Waals surface area contributed by atoms with Crippen molar-refractivity contribution in [3.63, 3.8) is 0 Å². The molecule has 1 heterocycles. The van der Waals surface area contributed by atoms with Crippen molar-refractivity contribution >= 4 is 11.0 Å². The summed E-state index contributed by atoms with van der Waals surface area (Å²) in [6, 6.07) is 1.75. The summed E-state index contributed by atoms with van der Waals surface area (Å²) in [4.78, 5) is 6.95. The van der Waals surface area contributed by atoms with Crippen LogP contribution in [0.2, 0.25) is 0 Å². The van der Waals surface area contributed by atoms with E-state index in [1.807, 2.05) is 13.8 Å². The molecule has 0 spiro atoms. The maximum absolute atomic E-state index is 13.4. The lowest BCUT2D eigenvalue weighted by molar-refractivity contribution is 0.496.